The smallest absolute Gasteiger partial charge is 0.128 e. The van der Waals surface area contributed by atoms with E-state index >= 15 is 0 Å². The summed E-state index contributed by atoms with van der Waals surface area (Å²) in [5, 5.41) is 11.5. The molecule has 5 heteroatoms. The molecule has 4 rings (SSSR count). The number of aliphatic hydroxyl groups is 1. The predicted octanol–water partition coefficient (Wildman–Crippen LogP) is 3.99. The number of pyridine rings is 1. The van der Waals surface area contributed by atoms with Crippen molar-refractivity contribution in [2.45, 2.75) is 37.7 Å². The number of hydrogen-bond donors (Lipinski definition) is 1. The third-order valence-electron chi connectivity index (χ3n) is 6.46. The van der Waals surface area contributed by atoms with Gasteiger partial charge in [-0.05, 0) is 48.2 Å². The number of methoxy groups -OCH3 is 1. The van der Waals surface area contributed by atoms with Gasteiger partial charge in [-0.15, -0.1) is 0 Å². The average molecular weight is 408 g/mol. The third kappa shape index (κ3) is 4.85. The van der Waals surface area contributed by atoms with Crippen molar-refractivity contribution >= 4 is 11.4 Å². The van der Waals surface area contributed by atoms with Crippen LogP contribution in [0.5, 0.6) is 5.75 Å². The zero-order valence-electron chi connectivity index (χ0n) is 18.0. The summed E-state index contributed by atoms with van der Waals surface area (Å²) in [6, 6.07) is 14.2. The molecule has 2 heterocycles. The molecule has 2 aromatic rings. The quantitative estimate of drug-likeness (QED) is 0.785. The largest absolute Gasteiger partial charge is 0.497 e. The van der Waals surface area contributed by atoms with Crippen molar-refractivity contribution in [1.29, 1.82) is 0 Å². The molecule has 0 amide bonds. The van der Waals surface area contributed by atoms with E-state index < -0.39 is 5.60 Å². The highest BCUT2D eigenvalue weighted by Gasteiger charge is 2.34. The minimum Gasteiger partial charge on any atom is -0.497 e. The lowest BCUT2D eigenvalue weighted by Crippen LogP contribution is -2.46. The van der Waals surface area contributed by atoms with Crippen molar-refractivity contribution in [3.8, 4) is 5.75 Å². The van der Waals surface area contributed by atoms with Gasteiger partial charge in [0.15, 0.2) is 0 Å². The van der Waals surface area contributed by atoms with Crippen LogP contribution in [-0.2, 0) is 0 Å². The third-order valence-corrected chi connectivity index (χ3v) is 6.46. The highest BCUT2D eigenvalue weighted by Crippen LogP contribution is 2.40. The lowest BCUT2D eigenvalue weighted by atomic mass is 9.76. The lowest BCUT2D eigenvalue weighted by molar-refractivity contribution is 0.0610. The highest BCUT2D eigenvalue weighted by molar-refractivity contribution is 5.73. The van der Waals surface area contributed by atoms with Gasteiger partial charge in [0.25, 0.3) is 0 Å². The molecule has 0 bridgehead atoms. The standard InChI is InChI=1S/C25H33N3O2/c1-30-22-9-7-8-21(20-22)23(25(29)12-4-2-5-13-25)11-15-27-16-18-28(19-17-27)24-10-3-6-14-26-24/h3,6-11,14,20,29H,2,4-5,12-13,15-19H2,1H3/b23-11-. The van der Waals surface area contributed by atoms with E-state index in [9.17, 15) is 5.11 Å². The fourth-order valence-corrected chi connectivity index (χ4v) is 4.69. The molecule has 2 aliphatic rings. The van der Waals surface area contributed by atoms with Crippen LogP contribution in [-0.4, -0.2) is 60.4 Å². The minimum absolute atomic E-state index is 0.736. The number of ether oxygens (including phenoxy) is 1. The number of hydrogen-bond acceptors (Lipinski definition) is 5. The molecule has 1 aliphatic carbocycles. The van der Waals surface area contributed by atoms with Crippen molar-refractivity contribution in [3.63, 3.8) is 0 Å². The van der Waals surface area contributed by atoms with Gasteiger partial charge >= 0.3 is 0 Å². The van der Waals surface area contributed by atoms with E-state index in [4.69, 9.17) is 4.74 Å². The Kier molecular flexibility index (Phi) is 6.70. The fourth-order valence-electron chi connectivity index (χ4n) is 4.69. The number of rotatable bonds is 6. The topological polar surface area (TPSA) is 48.8 Å². The summed E-state index contributed by atoms with van der Waals surface area (Å²) in [5.41, 5.74) is 1.40. The van der Waals surface area contributed by atoms with Crippen LogP contribution >= 0.6 is 0 Å². The Morgan fingerprint density at radius 3 is 2.57 bits per heavy atom. The average Bonchev–Trinajstić information content (AvgIpc) is 2.81. The van der Waals surface area contributed by atoms with Gasteiger partial charge in [0.05, 0.1) is 12.7 Å². The van der Waals surface area contributed by atoms with Crippen LogP contribution in [0.1, 0.15) is 37.7 Å². The summed E-state index contributed by atoms with van der Waals surface area (Å²) in [6.45, 7) is 4.80. The summed E-state index contributed by atoms with van der Waals surface area (Å²) >= 11 is 0. The molecule has 1 saturated carbocycles. The second kappa shape index (κ2) is 9.63. The Balaban J connectivity index is 1.48. The number of nitrogens with zero attached hydrogens (tertiary/aromatic N) is 3. The van der Waals surface area contributed by atoms with Gasteiger partial charge in [-0.25, -0.2) is 4.98 Å². The molecule has 1 aromatic carbocycles. The lowest BCUT2D eigenvalue weighted by Gasteiger charge is -2.37. The van der Waals surface area contributed by atoms with Gasteiger partial charge in [-0.3, -0.25) is 4.90 Å². The second-order valence-corrected chi connectivity index (χ2v) is 8.42. The van der Waals surface area contributed by atoms with Gasteiger partial charge < -0.3 is 14.7 Å². The summed E-state index contributed by atoms with van der Waals surface area (Å²) in [6.07, 6.45) is 9.17. The first-order valence-electron chi connectivity index (χ1n) is 11.1. The zero-order chi connectivity index (χ0) is 20.8. The van der Waals surface area contributed by atoms with Crippen LogP contribution in [0.25, 0.3) is 5.57 Å². The number of benzene rings is 1. The van der Waals surface area contributed by atoms with Gasteiger partial charge in [0.2, 0.25) is 0 Å². The molecule has 2 fully saturated rings. The molecular weight excluding hydrogens is 374 g/mol. The van der Waals surface area contributed by atoms with Crippen molar-refractivity contribution in [2.75, 3.05) is 44.7 Å². The molecule has 1 saturated heterocycles. The molecular formula is C25H33N3O2. The van der Waals surface area contributed by atoms with Gasteiger partial charge in [-0.2, -0.15) is 0 Å². The van der Waals surface area contributed by atoms with Crippen molar-refractivity contribution in [1.82, 2.24) is 9.88 Å². The van der Waals surface area contributed by atoms with Gasteiger partial charge in [-0.1, -0.05) is 43.5 Å². The first-order chi connectivity index (χ1) is 14.7. The summed E-state index contributed by atoms with van der Waals surface area (Å²) in [4.78, 5) is 9.29. The summed E-state index contributed by atoms with van der Waals surface area (Å²) in [7, 11) is 1.69. The fraction of sp³-hybridized carbons (Fsp3) is 0.480. The van der Waals surface area contributed by atoms with E-state index in [0.717, 1.165) is 81.1 Å². The van der Waals surface area contributed by atoms with Crippen LogP contribution in [0.2, 0.25) is 0 Å². The number of anilines is 1. The molecule has 0 radical (unpaired) electrons. The Hall–Kier alpha value is -2.37. The minimum atomic E-state index is -0.736. The van der Waals surface area contributed by atoms with Crippen molar-refractivity contribution < 1.29 is 9.84 Å². The molecule has 0 spiro atoms. The van der Waals surface area contributed by atoms with E-state index in [1.807, 2.05) is 30.5 Å². The van der Waals surface area contributed by atoms with Crippen LogP contribution in [0.4, 0.5) is 5.82 Å². The van der Waals surface area contributed by atoms with Gasteiger partial charge in [0, 0.05) is 38.9 Å². The number of aromatic nitrogens is 1. The van der Waals surface area contributed by atoms with E-state index in [0.29, 0.717) is 0 Å². The van der Waals surface area contributed by atoms with Crippen molar-refractivity contribution in [2.24, 2.45) is 0 Å². The molecule has 0 atom stereocenters. The highest BCUT2D eigenvalue weighted by atomic mass is 16.5. The summed E-state index contributed by atoms with van der Waals surface area (Å²) in [5.74, 6) is 1.89. The van der Waals surface area contributed by atoms with E-state index in [1.165, 1.54) is 6.42 Å². The van der Waals surface area contributed by atoms with E-state index in [1.54, 1.807) is 7.11 Å². The van der Waals surface area contributed by atoms with E-state index in [-0.39, 0.29) is 0 Å². The number of piperazine rings is 1. The van der Waals surface area contributed by atoms with Crippen LogP contribution in [0, 0.1) is 0 Å². The maximum atomic E-state index is 11.5. The monoisotopic (exact) mass is 407 g/mol. The Bertz CT molecular complexity index is 838. The Morgan fingerprint density at radius 2 is 1.87 bits per heavy atom. The molecule has 30 heavy (non-hydrogen) atoms. The molecule has 1 N–H and O–H groups in total. The zero-order valence-corrected chi connectivity index (χ0v) is 18.0. The molecule has 1 aromatic heterocycles. The maximum absolute atomic E-state index is 11.5. The molecule has 0 unspecified atom stereocenters. The molecule has 160 valence electrons. The second-order valence-electron chi connectivity index (χ2n) is 8.42. The molecule has 5 nitrogen and oxygen atoms in total. The Morgan fingerprint density at radius 1 is 1.07 bits per heavy atom. The van der Waals surface area contributed by atoms with Crippen molar-refractivity contribution in [3.05, 3.63) is 60.3 Å². The SMILES string of the molecule is COc1cccc(/C(=C/CN2CCN(c3ccccn3)CC2)C2(O)CCCCC2)c1. The summed E-state index contributed by atoms with van der Waals surface area (Å²) < 4.78 is 5.44. The Labute approximate surface area is 180 Å². The first-order valence-corrected chi connectivity index (χ1v) is 11.1. The van der Waals surface area contributed by atoms with Crippen LogP contribution < -0.4 is 9.64 Å². The van der Waals surface area contributed by atoms with E-state index in [2.05, 4.69) is 39.1 Å². The normalized spacial score (nSPS) is 20.2. The maximum Gasteiger partial charge on any atom is 0.128 e. The van der Waals surface area contributed by atoms with Gasteiger partial charge in [0.1, 0.15) is 11.6 Å². The predicted molar refractivity (Wildman–Crippen MR) is 122 cm³/mol. The van der Waals surface area contributed by atoms with Crippen LogP contribution in [0.15, 0.2) is 54.7 Å². The first kappa shape index (κ1) is 20.9. The molecule has 1 aliphatic heterocycles. The van der Waals surface area contributed by atoms with Crippen LogP contribution in [0.3, 0.4) is 0 Å².